The van der Waals surface area contributed by atoms with E-state index in [-0.39, 0.29) is 0 Å². The van der Waals surface area contributed by atoms with Gasteiger partial charge >= 0.3 is 0 Å². The molecular weight excluding hydrogens is 260 g/mol. The highest BCUT2D eigenvalue weighted by Crippen LogP contribution is 2.17. The fourth-order valence-corrected chi connectivity index (χ4v) is 2.42. The second kappa shape index (κ2) is 7.61. The molecule has 0 aliphatic heterocycles. The molecule has 0 bridgehead atoms. The first-order valence-electron chi connectivity index (χ1n) is 7.42. The van der Waals surface area contributed by atoms with E-state index in [9.17, 15) is 0 Å². The average Bonchev–Trinajstić information content (AvgIpc) is 2.79. The van der Waals surface area contributed by atoms with Gasteiger partial charge < -0.3 is 5.32 Å². The van der Waals surface area contributed by atoms with Crippen molar-refractivity contribution in [1.82, 2.24) is 15.1 Å². The van der Waals surface area contributed by atoms with Gasteiger partial charge in [0.05, 0.1) is 17.5 Å². The van der Waals surface area contributed by atoms with E-state index in [2.05, 4.69) is 42.5 Å². The molecule has 0 amide bonds. The van der Waals surface area contributed by atoms with Crippen molar-refractivity contribution in [1.29, 1.82) is 5.26 Å². The molecule has 2 aromatic rings. The lowest BCUT2D eigenvalue weighted by Gasteiger charge is -2.06. The summed E-state index contributed by atoms with van der Waals surface area (Å²) in [5.41, 5.74) is 4.61. The maximum Gasteiger partial charge on any atom is 0.0648 e. The van der Waals surface area contributed by atoms with Crippen molar-refractivity contribution >= 4 is 0 Å². The molecule has 4 nitrogen and oxygen atoms in total. The maximum absolute atomic E-state index is 8.50. The number of unbranched alkanes of at least 4 members (excludes halogenated alkanes) is 2. The molecule has 0 saturated heterocycles. The van der Waals surface area contributed by atoms with E-state index in [1.165, 1.54) is 11.3 Å². The van der Waals surface area contributed by atoms with Gasteiger partial charge in [-0.3, -0.25) is 0 Å². The highest BCUT2D eigenvalue weighted by Gasteiger charge is 2.11. The zero-order valence-electron chi connectivity index (χ0n) is 12.8. The quantitative estimate of drug-likeness (QED) is 0.793. The lowest BCUT2D eigenvalue weighted by molar-refractivity contribution is 0.626. The van der Waals surface area contributed by atoms with Gasteiger partial charge in [0.15, 0.2) is 0 Å². The Labute approximate surface area is 126 Å². The number of aryl methyl sites for hydroxylation is 1. The van der Waals surface area contributed by atoms with E-state index in [0.717, 1.165) is 37.3 Å². The Kier molecular flexibility index (Phi) is 5.53. The third kappa shape index (κ3) is 3.93. The van der Waals surface area contributed by atoms with E-state index < -0.39 is 0 Å². The van der Waals surface area contributed by atoms with Crippen LogP contribution in [-0.4, -0.2) is 16.3 Å². The van der Waals surface area contributed by atoms with Crippen LogP contribution in [0.25, 0.3) is 5.69 Å². The molecule has 0 unspecified atom stereocenters. The average molecular weight is 282 g/mol. The first-order chi connectivity index (χ1) is 10.2. The summed E-state index contributed by atoms with van der Waals surface area (Å²) in [5.74, 6) is 0. The second-order valence-corrected chi connectivity index (χ2v) is 5.19. The molecule has 0 spiro atoms. The first kappa shape index (κ1) is 15.3. The Bertz CT molecular complexity index is 608. The highest BCUT2D eigenvalue weighted by molar-refractivity contribution is 5.36. The molecule has 0 atom stereocenters. The Morgan fingerprint density at radius 2 is 1.95 bits per heavy atom. The Morgan fingerprint density at radius 3 is 2.67 bits per heavy atom. The summed E-state index contributed by atoms with van der Waals surface area (Å²) in [4.78, 5) is 0. The lowest BCUT2D eigenvalue weighted by atomic mass is 10.2. The van der Waals surface area contributed by atoms with Crippen LogP contribution in [0.2, 0.25) is 0 Å². The fraction of sp³-hybridized carbons (Fsp3) is 0.412. The lowest BCUT2D eigenvalue weighted by Crippen LogP contribution is -2.15. The molecule has 1 heterocycles. The Hall–Kier alpha value is -2.12. The van der Waals surface area contributed by atoms with Crippen molar-refractivity contribution in [2.24, 2.45) is 0 Å². The van der Waals surface area contributed by atoms with Gasteiger partial charge in [-0.2, -0.15) is 10.4 Å². The molecular formula is C17H22N4. The van der Waals surface area contributed by atoms with Gasteiger partial charge in [0.2, 0.25) is 0 Å². The molecule has 110 valence electrons. The van der Waals surface area contributed by atoms with Crippen molar-refractivity contribution in [3.63, 3.8) is 0 Å². The summed E-state index contributed by atoms with van der Waals surface area (Å²) in [7, 11) is 0. The molecule has 21 heavy (non-hydrogen) atoms. The van der Waals surface area contributed by atoms with Crippen molar-refractivity contribution in [2.45, 2.75) is 39.7 Å². The normalized spacial score (nSPS) is 10.5. The predicted molar refractivity (Wildman–Crippen MR) is 84.2 cm³/mol. The smallest absolute Gasteiger partial charge is 0.0648 e. The number of aromatic nitrogens is 2. The molecule has 1 aromatic carbocycles. The minimum atomic E-state index is 0.645. The van der Waals surface area contributed by atoms with Gasteiger partial charge in [-0.05, 0) is 45.4 Å². The van der Waals surface area contributed by atoms with E-state index in [0.29, 0.717) is 6.42 Å². The topological polar surface area (TPSA) is 53.6 Å². The zero-order chi connectivity index (χ0) is 15.1. The summed E-state index contributed by atoms with van der Waals surface area (Å²) in [6, 6.07) is 12.4. The third-order valence-electron chi connectivity index (χ3n) is 3.64. The van der Waals surface area contributed by atoms with Crippen LogP contribution >= 0.6 is 0 Å². The molecule has 0 fully saturated rings. The van der Waals surface area contributed by atoms with Gasteiger partial charge in [0, 0.05) is 24.2 Å². The minimum absolute atomic E-state index is 0.645. The SMILES string of the molecule is Cc1nn(-c2ccccc2)c(C)c1CNCCCCC#N. The van der Waals surface area contributed by atoms with Gasteiger partial charge in [-0.1, -0.05) is 18.2 Å². The van der Waals surface area contributed by atoms with Crippen LogP contribution in [0.3, 0.4) is 0 Å². The number of nitrogens with zero attached hydrogens (tertiary/aromatic N) is 3. The van der Waals surface area contributed by atoms with Crippen molar-refractivity contribution in [3.8, 4) is 11.8 Å². The molecule has 0 radical (unpaired) electrons. The van der Waals surface area contributed by atoms with Crippen LogP contribution in [0.4, 0.5) is 0 Å². The summed E-state index contributed by atoms with van der Waals surface area (Å²) in [5, 5.41) is 16.6. The van der Waals surface area contributed by atoms with Crippen LogP contribution in [-0.2, 0) is 6.54 Å². The van der Waals surface area contributed by atoms with Gasteiger partial charge in [-0.15, -0.1) is 0 Å². The molecule has 0 aliphatic carbocycles. The maximum atomic E-state index is 8.50. The van der Waals surface area contributed by atoms with Crippen molar-refractivity contribution in [3.05, 3.63) is 47.3 Å². The minimum Gasteiger partial charge on any atom is -0.313 e. The number of nitriles is 1. The van der Waals surface area contributed by atoms with Crippen LogP contribution < -0.4 is 5.32 Å². The largest absolute Gasteiger partial charge is 0.313 e. The van der Waals surface area contributed by atoms with E-state index in [1.807, 2.05) is 22.9 Å². The van der Waals surface area contributed by atoms with Gasteiger partial charge in [0.25, 0.3) is 0 Å². The molecule has 1 aromatic heterocycles. The Balaban J connectivity index is 1.98. The predicted octanol–water partition coefficient (Wildman–Crippen LogP) is 3.27. The van der Waals surface area contributed by atoms with E-state index >= 15 is 0 Å². The number of para-hydroxylation sites is 1. The van der Waals surface area contributed by atoms with Crippen LogP contribution in [0.5, 0.6) is 0 Å². The summed E-state index contributed by atoms with van der Waals surface area (Å²) >= 11 is 0. The molecule has 2 rings (SSSR count). The summed E-state index contributed by atoms with van der Waals surface area (Å²) < 4.78 is 2.00. The summed E-state index contributed by atoms with van der Waals surface area (Å²) in [6.07, 6.45) is 2.65. The second-order valence-electron chi connectivity index (χ2n) is 5.19. The van der Waals surface area contributed by atoms with Crippen LogP contribution in [0.15, 0.2) is 30.3 Å². The number of hydrogen-bond donors (Lipinski definition) is 1. The standard InChI is InChI=1S/C17H22N4/c1-14-17(13-19-12-8-4-7-11-18)15(2)21(20-14)16-9-5-3-6-10-16/h3,5-6,9-10,19H,4,7-8,12-13H2,1-2H3. The highest BCUT2D eigenvalue weighted by atomic mass is 15.3. The Morgan fingerprint density at radius 1 is 1.19 bits per heavy atom. The number of nitrogens with one attached hydrogen (secondary N) is 1. The van der Waals surface area contributed by atoms with Gasteiger partial charge in [-0.25, -0.2) is 4.68 Å². The fourth-order valence-electron chi connectivity index (χ4n) is 2.42. The molecule has 0 aliphatic rings. The number of hydrogen-bond acceptors (Lipinski definition) is 3. The van der Waals surface area contributed by atoms with E-state index in [4.69, 9.17) is 5.26 Å². The van der Waals surface area contributed by atoms with Crippen molar-refractivity contribution in [2.75, 3.05) is 6.54 Å². The molecule has 0 saturated carbocycles. The number of rotatable bonds is 7. The monoisotopic (exact) mass is 282 g/mol. The van der Waals surface area contributed by atoms with E-state index in [1.54, 1.807) is 0 Å². The molecule has 1 N–H and O–H groups in total. The zero-order valence-corrected chi connectivity index (χ0v) is 12.8. The molecule has 4 heteroatoms. The van der Waals surface area contributed by atoms with Crippen LogP contribution in [0, 0.1) is 25.2 Å². The van der Waals surface area contributed by atoms with Crippen molar-refractivity contribution < 1.29 is 0 Å². The summed E-state index contributed by atoms with van der Waals surface area (Å²) in [6.45, 7) is 5.94. The first-order valence-corrected chi connectivity index (χ1v) is 7.42. The van der Waals surface area contributed by atoms with Gasteiger partial charge in [0.1, 0.15) is 0 Å². The third-order valence-corrected chi connectivity index (χ3v) is 3.64. The number of benzene rings is 1. The van der Waals surface area contributed by atoms with Crippen LogP contribution in [0.1, 0.15) is 36.2 Å².